The zero-order valence-electron chi connectivity index (χ0n) is 22.7. The van der Waals surface area contributed by atoms with Crippen LogP contribution >= 0.6 is 0 Å². The molecular formula is C31H46N2O4. The highest BCUT2D eigenvalue weighted by atomic mass is 16.3. The van der Waals surface area contributed by atoms with Crippen LogP contribution in [-0.2, 0) is 4.79 Å². The number of hydrazone groups is 1. The summed E-state index contributed by atoms with van der Waals surface area (Å²) in [6, 6.07) is 9.70. The highest BCUT2D eigenvalue weighted by Crippen LogP contribution is 2.68. The molecule has 0 radical (unpaired) electrons. The van der Waals surface area contributed by atoms with Crippen molar-refractivity contribution in [3.63, 3.8) is 0 Å². The molecule has 4 aliphatic rings. The van der Waals surface area contributed by atoms with Crippen molar-refractivity contribution in [1.29, 1.82) is 0 Å². The van der Waals surface area contributed by atoms with Gasteiger partial charge < -0.3 is 15.3 Å². The third-order valence-corrected chi connectivity index (χ3v) is 11.5. The van der Waals surface area contributed by atoms with Crippen LogP contribution in [0, 0.1) is 46.3 Å². The van der Waals surface area contributed by atoms with Gasteiger partial charge in [0.25, 0.3) is 0 Å². The van der Waals surface area contributed by atoms with Crippen LogP contribution in [0.25, 0.3) is 0 Å². The van der Waals surface area contributed by atoms with Crippen molar-refractivity contribution in [2.24, 2.45) is 51.4 Å². The maximum atomic E-state index is 12.5. The smallest absolute Gasteiger partial charge is 0.240 e. The van der Waals surface area contributed by atoms with E-state index in [1.54, 1.807) is 6.21 Å². The maximum absolute atomic E-state index is 12.5. The molecule has 5 rings (SSSR count). The van der Waals surface area contributed by atoms with Crippen LogP contribution in [0.5, 0.6) is 0 Å². The molecule has 0 aliphatic heterocycles. The molecule has 4 fully saturated rings. The molecule has 0 aromatic heterocycles. The van der Waals surface area contributed by atoms with Crippen molar-refractivity contribution >= 4 is 12.1 Å². The Labute approximate surface area is 221 Å². The SMILES string of the molecule is C[C@H](CCC(=O)N/N=C/c1ccccc1)[C@H]1CC[C@H]2[C@@H]3[C@H](O)C[C@@H]4C[C@H](O)CC[C@]4(C)[C@H]3C[C@H](O)[C@]12C. The molecule has 4 aliphatic carbocycles. The minimum absolute atomic E-state index is 0.0795. The van der Waals surface area contributed by atoms with Crippen LogP contribution in [0.2, 0.25) is 0 Å². The van der Waals surface area contributed by atoms with E-state index in [1.165, 1.54) is 0 Å². The number of hydrogen-bond donors (Lipinski definition) is 4. The fourth-order valence-corrected chi connectivity index (χ4v) is 9.47. The fourth-order valence-electron chi connectivity index (χ4n) is 9.47. The van der Waals surface area contributed by atoms with Crippen molar-refractivity contribution < 1.29 is 20.1 Å². The van der Waals surface area contributed by atoms with Crippen LogP contribution in [0.15, 0.2) is 35.4 Å². The molecule has 6 heteroatoms. The number of amides is 1. The Morgan fingerprint density at radius 1 is 1.08 bits per heavy atom. The number of nitrogens with zero attached hydrogens (tertiary/aromatic N) is 1. The number of aliphatic hydroxyl groups is 3. The van der Waals surface area contributed by atoms with Gasteiger partial charge in [-0.3, -0.25) is 4.79 Å². The molecule has 0 saturated heterocycles. The largest absolute Gasteiger partial charge is 0.393 e. The summed E-state index contributed by atoms with van der Waals surface area (Å²) in [7, 11) is 0. The first-order valence-corrected chi connectivity index (χ1v) is 14.6. The van der Waals surface area contributed by atoms with Gasteiger partial charge >= 0.3 is 0 Å². The number of fused-ring (bicyclic) bond motifs is 5. The minimum Gasteiger partial charge on any atom is -0.393 e. The summed E-state index contributed by atoms with van der Waals surface area (Å²) >= 11 is 0. The van der Waals surface area contributed by atoms with Crippen LogP contribution in [0.1, 0.15) is 84.1 Å². The van der Waals surface area contributed by atoms with E-state index in [0.717, 1.165) is 56.9 Å². The predicted molar refractivity (Wildman–Crippen MR) is 145 cm³/mol. The van der Waals surface area contributed by atoms with E-state index in [9.17, 15) is 20.1 Å². The molecule has 37 heavy (non-hydrogen) atoms. The topological polar surface area (TPSA) is 102 Å². The Morgan fingerprint density at radius 3 is 2.59 bits per heavy atom. The summed E-state index contributed by atoms with van der Waals surface area (Å²) < 4.78 is 0. The molecule has 0 spiro atoms. The normalized spacial score (nSPS) is 44.1. The second-order valence-electron chi connectivity index (χ2n) is 13.2. The number of benzene rings is 1. The Hall–Kier alpha value is -1.76. The van der Waals surface area contributed by atoms with Gasteiger partial charge in [0.15, 0.2) is 0 Å². The van der Waals surface area contributed by atoms with Crippen LogP contribution in [-0.4, -0.2) is 45.8 Å². The van der Waals surface area contributed by atoms with Gasteiger partial charge in [0.2, 0.25) is 5.91 Å². The standard InChI is InChI=1S/C31H46N2O4/c1-19(9-12-28(37)33-32-18-20-7-5-4-6-8-20)23-10-11-24-29-25(17-27(36)31(23,24)3)30(2)14-13-22(34)15-21(30)16-26(29)35/h4-8,18-19,21-27,29,34-36H,9-17H2,1-3H3,(H,33,37)/b32-18+/t19-,21+,22-,23-,24+,25+,26-,27+,29+,30+,31-/m1/s1. The van der Waals surface area contributed by atoms with Crippen molar-refractivity contribution in [3.8, 4) is 0 Å². The van der Waals surface area contributed by atoms with Crippen molar-refractivity contribution in [2.45, 2.75) is 96.9 Å². The Kier molecular flexibility index (Phi) is 7.56. The average molecular weight is 511 g/mol. The van der Waals surface area contributed by atoms with E-state index < -0.39 is 6.10 Å². The maximum Gasteiger partial charge on any atom is 0.240 e. The summed E-state index contributed by atoms with van der Waals surface area (Å²) in [5.41, 5.74) is 3.46. The molecule has 1 amide bonds. The quantitative estimate of drug-likeness (QED) is 0.334. The fraction of sp³-hybridized carbons (Fsp3) is 0.742. The van der Waals surface area contributed by atoms with Crippen molar-refractivity contribution in [3.05, 3.63) is 35.9 Å². The van der Waals surface area contributed by atoms with Gasteiger partial charge in [-0.2, -0.15) is 5.10 Å². The molecule has 0 unspecified atom stereocenters. The predicted octanol–water partition coefficient (Wildman–Crippen LogP) is 4.51. The van der Waals surface area contributed by atoms with Crippen molar-refractivity contribution in [2.75, 3.05) is 0 Å². The molecule has 0 bridgehead atoms. The van der Waals surface area contributed by atoms with Gasteiger partial charge in [-0.15, -0.1) is 0 Å². The van der Waals surface area contributed by atoms with Crippen LogP contribution < -0.4 is 5.43 Å². The molecule has 1 aromatic rings. The molecule has 4 N–H and O–H groups in total. The van der Waals surface area contributed by atoms with Gasteiger partial charge in [-0.25, -0.2) is 5.43 Å². The third kappa shape index (κ3) is 4.79. The molecule has 1 aromatic carbocycles. The third-order valence-electron chi connectivity index (χ3n) is 11.5. The van der Waals surface area contributed by atoms with Gasteiger partial charge in [0.1, 0.15) is 0 Å². The number of hydrogen-bond acceptors (Lipinski definition) is 5. The molecule has 11 atom stereocenters. The van der Waals surface area contributed by atoms with E-state index in [0.29, 0.717) is 36.0 Å². The minimum atomic E-state index is -0.396. The lowest BCUT2D eigenvalue weighted by atomic mass is 9.43. The van der Waals surface area contributed by atoms with Crippen LogP contribution in [0.3, 0.4) is 0 Å². The Bertz CT molecular complexity index is 985. The second-order valence-corrected chi connectivity index (χ2v) is 13.2. The first-order chi connectivity index (χ1) is 17.6. The first-order valence-electron chi connectivity index (χ1n) is 14.6. The molecule has 204 valence electrons. The number of rotatable bonds is 6. The zero-order valence-corrected chi connectivity index (χ0v) is 22.7. The summed E-state index contributed by atoms with van der Waals surface area (Å²) in [5.74, 6) is 1.73. The number of carbonyl (C=O) groups excluding carboxylic acids is 1. The van der Waals surface area contributed by atoms with Gasteiger partial charge in [-0.05, 0) is 103 Å². The van der Waals surface area contributed by atoms with Gasteiger partial charge in [0, 0.05) is 6.42 Å². The van der Waals surface area contributed by atoms with Gasteiger partial charge in [-0.1, -0.05) is 51.1 Å². The summed E-state index contributed by atoms with van der Waals surface area (Å²) in [6.07, 6.45) is 8.05. The van der Waals surface area contributed by atoms with Gasteiger partial charge in [0.05, 0.1) is 24.5 Å². The molecule has 6 nitrogen and oxygen atoms in total. The molecule has 0 heterocycles. The van der Waals surface area contributed by atoms with E-state index >= 15 is 0 Å². The summed E-state index contributed by atoms with van der Waals surface area (Å²) in [4.78, 5) is 12.5. The average Bonchev–Trinajstić information content (AvgIpc) is 3.23. The zero-order chi connectivity index (χ0) is 26.4. The molecular weight excluding hydrogens is 464 g/mol. The monoisotopic (exact) mass is 510 g/mol. The lowest BCUT2D eigenvalue weighted by Crippen LogP contribution is -2.62. The summed E-state index contributed by atoms with van der Waals surface area (Å²) in [6.45, 7) is 6.87. The summed E-state index contributed by atoms with van der Waals surface area (Å²) in [5, 5.41) is 37.5. The van der Waals surface area contributed by atoms with E-state index in [-0.39, 0.29) is 34.9 Å². The van der Waals surface area contributed by atoms with E-state index in [1.807, 2.05) is 30.3 Å². The first kappa shape index (κ1) is 26.8. The number of carbonyl (C=O) groups is 1. The number of aliphatic hydroxyl groups excluding tert-OH is 3. The highest BCUT2D eigenvalue weighted by Gasteiger charge is 2.65. The van der Waals surface area contributed by atoms with Crippen LogP contribution in [0.4, 0.5) is 0 Å². The lowest BCUT2D eigenvalue weighted by Gasteiger charge is -2.63. The molecule has 4 saturated carbocycles. The highest BCUT2D eigenvalue weighted by molar-refractivity contribution is 5.82. The lowest BCUT2D eigenvalue weighted by molar-refractivity contribution is -0.207. The van der Waals surface area contributed by atoms with Crippen molar-refractivity contribution in [1.82, 2.24) is 5.43 Å². The van der Waals surface area contributed by atoms with E-state index in [4.69, 9.17) is 0 Å². The Morgan fingerprint density at radius 2 is 1.84 bits per heavy atom. The number of nitrogens with one attached hydrogen (secondary N) is 1. The Balaban J connectivity index is 1.23. The van der Waals surface area contributed by atoms with E-state index in [2.05, 4.69) is 31.3 Å². The second kappa shape index (κ2) is 10.4.